The zero-order chi connectivity index (χ0) is 20.4. The third kappa shape index (κ3) is 5.17. The zero-order valence-electron chi connectivity index (χ0n) is 16.0. The molecule has 1 saturated heterocycles. The Labute approximate surface area is 163 Å². The first-order chi connectivity index (χ1) is 12.5. The lowest BCUT2D eigenvalue weighted by Crippen LogP contribution is -2.55. The second-order valence-electron chi connectivity index (χ2n) is 7.66. The Balaban J connectivity index is 1.98. The molecule has 0 aromatic heterocycles. The molecule has 1 heterocycles. The summed E-state index contributed by atoms with van der Waals surface area (Å²) in [5.74, 6) is -0.198. The van der Waals surface area contributed by atoms with E-state index >= 15 is 0 Å². The van der Waals surface area contributed by atoms with Crippen molar-refractivity contribution in [1.82, 2.24) is 9.80 Å². The first-order valence-electron chi connectivity index (χ1n) is 8.79. The lowest BCUT2D eigenvalue weighted by atomic mass is 9.94. The number of amides is 2. The molecule has 1 N–H and O–H groups in total. The summed E-state index contributed by atoms with van der Waals surface area (Å²) in [5, 5.41) is 13.8. The second kappa shape index (κ2) is 8.22. The quantitative estimate of drug-likeness (QED) is 0.623. The van der Waals surface area contributed by atoms with E-state index in [-0.39, 0.29) is 28.2 Å². The van der Waals surface area contributed by atoms with Crippen molar-refractivity contribution in [3.05, 3.63) is 33.3 Å². The van der Waals surface area contributed by atoms with Gasteiger partial charge in [0.05, 0.1) is 21.7 Å². The highest BCUT2D eigenvalue weighted by molar-refractivity contribution is 6.33. The third-order valence-corrected chi connectivity index (χ3v) is 4.92. The zero-order valence-corrected chi connectivity index (χ0v) is 16.7. The predicted molar refractivity (Wildman–Crippen MR) is 104 cm³/mol. The molecule has 0 spiro atoms. The normalized spacial score (nSPS) is 16.7. The molecule has 2 rings (SSSR count). The minimum atomic E-state index is -0.541. The minimum absolute atomic E-state index is 0.0997. The van der Waals surface area contributed by atoms with Gasteiger partial charge >= 0.3 is 0 Å². The molecule has 9 heteroatoms. The molecule has 1 fully saturated rings. The van der Waals surface area contributed by atoms with Crippen LogP contribution in [0.3, 0.4) is 0 Å². The van der Waals surface area contributed by atoms with Crippen LogP contribution in [0.5, 0.6) is 0 Å². The van der Waals surface area contributed by atoms with Crippen LogP contribution in [0.4, 0.5) is 11.4 Å². The minimum Gasteiger partial charge on any atom is -0.340 e. The largest absolute Gasteiger partial charge is 0.340 e. The van der Waals surface area contributed by atoms with Gasteiger partial charge in [-0.3, -0.25) is 24.6 Å². The van der Waals surface area contributed by atoms with Gasteiger partial charge in [0.15, 0.2) is 0 Å². The van der Waals surface area contributed by atoms with Gasteiger partial charge in [-0.2, -0.15) is 0 Å². The van der Waals surface area contributed by atoms with Gasteiger partial charge in [-0.05, 0) is 13.0 Å². The van der Waals surface area contributed by atoms with E-state index in [9.17, 15) is 19.7 Å². The van der Waals surface area contributed by atoms with Gasteiger partial charge in [0.25, 0.3) is 5.69 Å². The van der Waals surface area contributed by atoms with E-state index < -0.39 is 16.4 Å². The SMILES string of the molecule is CC(C(=O)Nc1cc([N+](=O)[O-])ccc1Cl)N1CCN(C(=O)C(C)(C)C)CC1. The lowest BCUT2D eigenvalue weighted by Gasteiger charge is -2.39. The van der Waals surface area contributed by atoms with E-state index in [1.165, 1.54) is 18.2 Å². The molecule has 0 saturated carbocycles. The van der Waals surface area contributed by atoms with Crippen molar-refractivity contribution in [2.75, 3.05) is 31.5 Å². The van der Waals surface area contributed by atoms with Crippen molar-refractivity contribution >= 4 is 34.8 Å². The maximum atomic E-state index is 12.6. The number of halogens is 1. The van der Waals surface area contributed by atoms with Gasteiger partial charge in [-0.1, -0.05) is 32.4 Å². The molecule has 0 aliphatic carbocycles. The van der Waals surface area contributed by atoms with Crippen molar-refractivity contribution in [1.29, 1.82) is 0 Å². The number of non-ortho nitro benzene ring substituents is 1. The van der Waals surface area contributed by atoms with Crippen molar-refractivity contribution in [2.24, 2.45) is 5.41 Å². The Morgan fingerprint density at radius 3 is 2.33 bits per heavy atom. The first-order valence-corrected chi connectivity index (χ1v) is 9.16. The maximum Gasteiger partial charge on any atom is 0.271 e. The fourth-order valence-electron chi connectivity index (χ4n) is 2.91. The smallest absolute Gasteiger partial charge is 0.271 e. The standard InChI is InChI=1S/C18H25ClN4O4/c1-12(21-7-9-22(10-8-21)17(25)18(2,3)4)16(24)20-15-11-13(23(26)27)5-6-14(15)19/h5-6,11-12H,7-10H2,1-4H3,(H,20,24). The summed E-state index contributed by atoms with van der Waals surface area (Å²) in [7, 11) is 0. The third-order valence-electron chi connectivity index (χ3n) is 4.59. The van der Waals surface area contributed by atoms with Gasteiger partial charge in [-0.15, -0.1) is 0 Å². The van der Waals surface area contributed by atoms with Gasteiger partial charge < -0.3 is 10.2 Å². The van der Waals surface area contributed by atoms with Crippen LogP contribution in [0.1, 0.15) is 27.7 Å². The number of benzene rings is 1. The number of nitrogens with one attached hydrogen (secondary N) is 1. The highest BCUT2D eigenvalue weighted by Gasteiger charge is 2.32. The van der Waals surface area contributed by atoms with E-state index in [2.05, 4.69) is 5.32 Å². The van der Waals surface area contributed by atoms with Crippen LogP contribution in [0.15, 0.2) is 18.2 Å². The molecule has 0 radical (unpaired) electrons. The highest BCUT2D eigenvalue weighted by Crippen LogP contribution is 2.27. The summed E-state index contributed by atoms with van der Waals surface area (Å²) < 4.78 is 0. The number of rotatable bonds is 4. The van der Waals surface area contributed by atoms with Gasteiger partial charge in [0.1, 0.15) is 0 Å². The van der Waals surface area contributed by atoms with Crippen LogP contribution in [0.2, 0.25) is 5.02 Å². The van der Waals surface area contributed by atoms with Crippen LogP contribution < -0.4 is 5.32 Å². The van der Waals surface area contributed by atoms with E-state index in [1.807, 2.05) is 30.6 Å². The van der Waals surface area contributed by atoms with Gasteiger partial charge in [0, 0.05) is 43.7 Å². The van der Waals surface area contributed by atoms with Gasteiger partial charge in [-0.25, -0.2) is 0 Å². The maximum absolute atomic E-state index is 12.6. The average Bonchev–Trinajstić information content (AvgIpc) is 2.61. The number of nitrogens with zero attached hydrogens (tertiary/aromatic N) is 3. The molecule has 1 unspecified atom stereocenters. The Hall–Kier alpha value is -2.19. The molecule has 8 nitrogen and oxygen atoms in total. The molecule has 27 heavy (non-hydrogen) atoms. The second-order valence-corrected chi connectivity index (χ2v) is 8.07. The fourth-order valence-corrected chi connectivity index (χ4v) is 3.08. The molecule has 1 aliphatic heterocycles. The van der Waals surface area contributed by atoms with Crippen molar-refractivity contribution < 1.29 is 14.5 Å². The molecule has 1 atom stereocenters. The number of anilines is 1. The molecule has 148 valence electrons. The topological polar surface area (TPSA) is 95.8 Å². The van der Waals surface area contributed by atoms with Crippen molar-refractivity contribution in [3.8, 4) is 0 Å². The number of nitro benzene ring substituents is 1. The van der Waals surface area contributed by atoms with E-state index in [4.69, 9.17) is 11.6 Å². The van der Waals surface area contributed by atoms with Crippen LogP contribution >= 0.6 is 11.6 Å². The van der Waals surface area contributed by atoms with Crippen LogP contribution in [0.25, 0.3) is 0 Å². The summed E-state index contributed by atoms with van der Waals surface area (Å²) in [6.45, 7) is 9.72. The number of carbonyl (C=O) groups excluding carboxylic acids is 2. The lowest BCUT2D eigenvalue weighted by molar-refractivity contribution is -0.384. The fraction of sp³-hybridized carbons (Fsp3) is 0.556. The average molecular weight is 397 g/mol. The predicted octanol–water partition coefficient (Wildman–Crippen LogP) is 2.77. The Kier molecular flexibility index (Phi) is 6.43. The highest BCUT2D eigenvalue weighted by atomic mass is 35.5. The van der Waals surface area contributed by atoms with Crippen molar-refractivity contribution in [2.45, 2.75) is 33.7 Å². The number of carbonyl (C=O) groups is 2. The summed E-state index contributed by atoms with van der Waals surface area (Å²) in [5.41, 5.74) is -0.356. The molecule has 0 bridgehead atoms. The molecule has 1 aromatic carbocycles. The van der Waals surface area contributed by atoms with Crippen LogP contribution in [-0.2, 0) is 9.59 Å². The van der Waals surface area contributed by atoms with E-state index in [1.54, 1.807) is 6.92 Å². The molecule has 1 aliphatic rings. The monoisotopic (exact) mass is 396 g/mol. The summed E-state index contributed by atoms with van der Waals surface area (Å²) >= 11 is 6.04. The van der Waals surface area contributed by atoms with Crippen LogP contribution in [0, 0.1) is 15.5 Å². The summed E-state index contributed by atoms with van der Waals surface area (Å²) in [6.07, 6.45) is 0. The Morgan fingerprint density at radius 1 is 1.22 bits per heavy atom. The number of hydrogen-bond donors (Lipinski definition) is 1. The van der Waals surface area contributed by atoms with Gasteiger partial charge in [0.2, 0.25) is 11.8 Å². The molecule has 1 aromatic rings. The molecular weight excluding hydrogens is 372 g/mol. The number of hydrogen-bond acceptors (Lipinski definition) is 5. The molecular formula is C18H25ClN4O4. The summed E-state index contributed by atoms with van der Waals surface area (Å²) in [4.78, 5) is 39.1. The van der Waals surface area contributed by atoms with Crippen molar-refractivity contribution in [3.63, 3.8) is 0 Å². The van der Waals surface area contributed by atoms with E-state index in [0.717, 1.165) is 0 Å². The molecule has 2 amide bonds. The Bertz CT molecular complexity index is 739. The summed E-state index contributed by atoms with van der Waals surface area (Å²) in [6, 6.07) is 3.46. The van der Waals surface area contributed by atoms with Crippen LogP contribution in [-0.4, -0.2) is 58.8 Å². The Morgan fingerprint density at radius 2 is 1.81 bits per heavy atom. The van der Waals surface area contributed by atoms with E-state index in [0.29, 0.717) is 26.2 Å². The number of nitro groups is 1. The first kappa shape index (κ1) is 21.1. The number of piperazine rings is 1.